The van der Waals surface area contributed by atoms with Gasteiger partial charge in [-0.05, 0) is 65.2 Å². The zero-order valence-corrected chi connectivity index (χ0v) is 20.4. The molecule has 2 amide bonds. The van der Waals surface area contributed by atoms with Crippen LogP contribution in [0.1, 0.15) is 63.6 Å². The van der Waals surface area contributed by atoms with Crippen molar-refractivity contribution >= 4 is 11.8 Å². The number of carbonyl (C=O) groups excluding carboxylic acids is 2. The van der Waals surface area contributed by atoms with Gasteiger partial charge in [-0.3, -0.25) is 9.59 Å². The van der Waals surface area contributed by atoms with Gasteiger partial charge in [0.25, 0.3) is 0 Å². The molecule has 0 heterocycles. The highest BCUT2D eigenvalue weighted by Crippen LogP contribution is 2.17. The fraction of sp³-hybridized carbons (Fsp3) is 0.481. The molecule has 0 fully saturated rings. The summed E-state index contributed by atoms with van der Waals surface area (Å²) in [5.41, 5.74) is 2.98. The third-order valence-corrected chi connectivity index (χ3v) is 5.14. The first-order chi connectivity index (χ1) is 15.1. The molecule has 0 saturated heterocycles. The molecular weight excluding hydrogens is 400 g/mol. The Morgan fingerprint density at radius 1 is 1.03 bits per heavy atom. The SMILES string of the molecule is CCC(C(=O)NC(C)(C)C)N(Cc1cccc(C)c1)C(=O)CCCOc1ccc(C)cc1. The summed E-state index contributed by atoms with van der Waals surface area (Å²) >= 11 is 0. The number of hydrogen-bond acceptors (Lipinski definition) is 3. The monoisotopic (exact) mass is 438 g/mol. The van der Waals surface area contributed by atoms with Crippen LogP contribution in [0.4, 0.5) is 0 Å². The highest BCUT2D eigenvalue weighted by Gasteiger charge is 2.30. The molecule has 174 valence electrons. The van der Waals surface area contributed by atoms with Crippen LogP contribution in [0.2, 0.25) is 0 Å². The number of ether oxygens (including phenoxy) is 1. The predicted molar refractivity (Wildman–Crippen MR) is 130 cm³/mol. The summed E-state index contributed by atoms with van der Waals surface area (Å²) in [5.74, 6) is 0.655. The summed E-state index contributed by atoms with van der Waals surface area (Å²) in [6.07, 6.45) is 1.48. The third-order valence-electron chi connectivity index (χ3n) is 5.14. The Bertz CT molecular complexity index is 885. The second-order valence-electron chi connectivity index (χ2n) is 9.44. The van der Waals surface area contributed by atoms with Crippen molar-refractivity contribution in [3.8, 4) is 5.75 Å². The molecule has 1 unspecified atom stereocenters. The maximum Gasteiger partial charge on any atom is 0.243 e. The van der Waals surface area contributed by atoms with Crippen LogP contribution in [0.5, 0.6) is 5.75 Å². The number of carbonyl (C=O) groups is 2. The minimum absolute atomic E-state index is 0.0325. The molecule has 0 aromatic heterocycles. The van der Waals surface area contributed by atoms with Crippen LogP contribution in [0.3, 0.4) is 0 Å². The van der Waals surface area contributed by atoms with E-state index >= 15 is 0 Å². The summed E-state index contributed by atoms with van der Waals surface area (Å²) in [4.78, 5) is 28.0. The fourth-order valence-corrected chi connectivity index (χ4v) is 3.57. The van der Waals surface area contributed by atoms with Gasteiger partial charge in [0.05, 0.1) is 6.61 Å². The number of nitrogens with zero attached hydrogens (tertiary/aromatic N) is 1. The molecule has 0 spiro atoms. The zero-order chi connectivity index (χ0) is 23.7. The molecule has 5 heteroatoms. The van der Waals surface area contributed by atoms with E-state index in [9.17, 15) is 9.59 Å². The maximum absolute atomic E-state index is 13.2. The van der Waals surface area contributed by atoms with Crippen molar-refractivity contribution < 1.29 is 14.3 Å². The second kappa shape index (κ2) is 11.7. The fourth-order valence-electron chi connectivity index (χ4n) is 3.57. The van der Waals surface area contributed by atoms with Gasteiger partial charge >= 0.3 is 0 Å². The third kappa shape index (κ3) is 8.37. The normalized spacial score (nSPS) is 12.2. The van der Waals surface area contributed by atoms with E-state index in [0.717, 1.165) is 16.9 Å². The van der Waals surface area contributed by atoms with Crippen LogP contribution in [0.25, 0.3) is 0 Å². The van der Waals surface area contributed by atoms with Crippen molar-refractivity contribution in [2.75, 3.05) is 6.61 Å². The van der Waals surface area contributed by atoms with E-state index in [0.29, 0.717) is 32.4 Å². The Kier molecular flexibility index (Phi) is 9.30. The Hall–Kier alpha value is -2.82. The van der Waals surface area contributed by atoms with Gasteiger partial charge in [0.2, 0.25) is 11.8 Å². The molecule has 0 aliphatic rings. The molecule has 0 radical (unpaired) electrons. The minimum Gasteiger partial charge on any atom is -0.494 e. The van der Waals surface area contributed by atoms with Gasteiger partial charge < -0.3 is 15.0 Å². The van der Waals surface area contributed by atoms with Crippen LogP contribution in [0.15, 0.2) is 48.5 Å². The second-order valence-corrected chi connectivity index (χ2v) is 9.44. The predicted octanol–water partition coefficient (Wildman–Crippen LogP) is 5.18. The highest BCUT2D eigenvalue weighted by atomic mass is 16.5. The molecule has 0 aliphatic heterocycles. The van der Waals surface area contributed by atoms with E-state index in [1.807, 2.05) is 84.0 Å². The van der Waals surface area contributed by atoms with Crippen molar-refractivity contribution in [1.29, 1.82) is 0 Å². The molecule has 0 aliphatic carbocycles. The van der Waals surface area contributed by atoms with E-state index in [1.54, 1.807) is 4.90 Å². The van der Waals surface area contributed by atoms with E-state index < -0.39 is 6.04 Å². The van der Waals surface area contributed by atoms with Gasteiger partial charge in [-0.1, -0.05) is 54.4 Å². The highest BCUT2D eigenvalue weighted by molar-refractivity contribution is 5.88. The first-order valence-corrected chi connectivity index (χ1v) is 11.5. The summed E-state index contributed by atoms with van der Waals surface area (Å²) < 4.78 is 5.78. The minimum atomic E-state index is -0.514. The van der Waals surface area contributed by atoms with E-state index in [1.165, 1.54) is 5.56 Å². The number of rotatable bonds is 10. The average molecular weight is 439 g/mol. The van der Waals surface area contributed by atoms with E-state index in [-0.39, 0.29) is 17.4 Å². The topological polar surface area (TPSA) is 58.6 Å². The Morgan fingerprint density at radius 2 is 1.72 bits per heavy atom. The molecule has 2 aromatic carbocycles. The molecular formula is C27H38N2O3. The van der Waals surface area contributed by atoms with Crippen LogP contribution in [0, 0.1) is 13.8 Å². The number of amides is 2. The van der Waals surface area contributed by atoms with Crippen LogP contribution in [-0.2, 0) is 16.1 Å². The molecule has 2 rings (SSSR count). The lowest BCUT2D eigenvalue weighted by atomic mass is 10.0. The van der Waals surface area contributed by atoms with Gasteiger partial charge in [0, 0.05) is 18.5 Å². The van der Waals surface area contributed by atoms with Gasteiger partial charge in [0.15, 0.2) is 0 Å². The largest absolute Gasteiger partial charge is 0.494 e. The Labute approximate surface area is 193 Å². The molecule has 0 bridgehead atoms. The molecule has 0 saturated carbocycles. The van der Waals surface area contributed by atoms with Crippen molar-refractivity contribution in [1.82, 2.24) is 10.2 Å². The Balaban J connectivity index is 2.08. The van der Waals surface area contributed by atoms with Gasteiger partial charge in [0.1, 0.15) is 11.8 Å². The number of hydrogen-bond donors (Lipinski definition) is 1. The molecule has 1 atom stereocenters. The lowest BCUT2D eigenvalue weighted by Crippen LogP contribution is -2.53. The van der Waals surface area contributed by atoms with Crippen molar-refractivity contribution in [3.63, 3.8) is 0 Å². The number of nitrogens with one attached hydrogen (secondary N) is 1. The number of benzene rings is 2. The van der Waals surface area contributed by atoms with Crippen molar-refractivity contribution in [3.05, 3.63) is 65.2 Å². The Morgan fingerprint density at radius 3 is 2.31 bits per heavy atom. The average Bonchev–Trinajstić information content (AvgIpc) is 2.71. The summed E-state index contributed by atoms with van der Waals surface area (Å²) in [5, 5.41) is 3.04. The first kappa shape index (κ1) is 25.4. The van der Waals surface area contributed by atoms with Crippen LogP contribution in [-0.4, -0.2) is 34.9 Å². The first-order valence-electron chi connectivity index (χ1n) is 11.5. The lowest BCUT2D eigenvalue weighted by Gasteiger charge is -2.33. The molecule has 1 N–H and O–H groups in total. The van der Waals surface area contributed by atoms with E-state index in [4.69, 9.17) is 4.74 Å². The smallest absolute Gasteiger partial charge is 0.243 e. The van der Waals surface area contributed by atoms with Gasteiger partial charge in [-0.2, -0.15) is 0 Å². The van der Waals surface area contributed by atoms with Gasteiger partial charge in [-0.25, -0.2) is 0 Å². The maximum atomic E-state index is 13.2. The van der Waals surface area contributed by atoms with Crippen LogP contribution < -0.4 is 10.1 Å². The summed E-state index contributed by atoms with van der Waals surface area (Å²) in [6, 6.07) is 15.4. The van der Waals surface area contributed by atoms with Crippen molar-refractivity contribution in [2.24, 2.45) is 0 Å². The molecule has 2 aromatic rings. The quantitative estimate of drug-likeness (QED) is 0.520. The zero-order valence-electron chi connectivity index (χ0n) is 20.4. The van der Waals surface area contributed by atoms with E-state index in [2.05, 4.69) is 11.4 Å². The summed E-state index contributed by atoms with van der Waals surface area (Å²) in [6.45, 7) is 12.7. The summed E-state index contributed by atoms with van der Waals surface area (Å²) in [7, 11) is 0. The standard InChI is InChI=1S/C27H38N2O3/c1-7-24(26(31)28-27(4,5)6)29(19-22-11-8-10-21(3)18-22)25(30)12-9-17-32-23-15-13-20(2)14-16-23/h8,10-11,13-16,18,24H,7,9,12,17,19H2,1-6H3,(H,28,31). The van der Waals surface area contributed by atoms with Crippen molar-refractivity contribution in [2.45, 2.75) is 78.9 Å². The molecule has 5 nitrogen and oxygen atoms in total. The van der Waals surface area contributed by atoms with Crippen LogP contribution >= 0.6 is 0 Å². The lowest BCUT2D eigenvalue weighted by molar-refractivity contribution is -0.142. The van der Waals surface area contributed by atoms with Gasteiger partial charge in [-0.15, -0.1) is 0 Å². The molecule has 32 heavy (non-hydrogen) atoms. The number of aryl methyl sites for hydroxylation is 2.